The van der Waals surface area contributed by atoms with Crippen LogP contribution in [-0.2, 0) is 11.3 Å². The van der Waals surface area contributed by atoms with Gasteiger partial charge in [0.1, 0.15) is 0 Å². The first-order valence-electron chi connectivity index (χ1n) is 7.86. The lowest BCUT2D eigenvalue weighted by Gasteiger charge is -2.37. The average Bonchev–Trinajstić information content (AvgIpc) is 2.42. The molecule has 0 radical (unpaired) electrons. The number of nitrogens with zero attached hydrogens (tertiary/aromatic N) is 1. The van der Waals surface area contributed by atoms with E-state index in [2.05, 4.69) is 41.4 Å². The summed E-state index contributed by atoms with van der Waals surface area (Å²) >= 11 is 0. The molecular weight excluding hydrogens is 333 g/mol. The summed E-state index contributed by atoms with van der Waals surface area (Å²) in [6, 6.07) is 10.8. The Labute approximate surface area is 152 Å². The molecule has 1 amide bonds. The number of benzene rings is 1. The second-order valence-corrected chi connectivity index (χ2v) is 6.34. The van der Waals surface area contributed by atoms with E-state index in [0.717, 1.165) is 26.1 Å². The SMILES string of the molecule is CC(N)CC(=O)NC1CCN(Cc2ccccc2)CC1C.Cl.Cl. The monoisotopic (exact) mass is 361 g/mol. The predicted octanol–water partition coefficient (Wildman–Crippen LogP) is 2.59. The van der Waals surface area contributed by atoms with Crippen molar-refractivity contribution in [2.24, 2.45) is 11.7 Å². The second kappa shape index (κ2) is 10.9. The summed E-state index contributed by atoms with van der Waals surface area (Å²) < 4.78 is 0. The van der Waals surface area contributed by atoms with Gasteiger partial charge in [-0.15, -0.1) is 24.8 Å². The number of piperidine rings is 1. The van der Waals surface area contributed by atoms with Crippen LogP contribution in [0, 0.1) is 5.92 Å². The fraction of sp³-hybridized carbons (Fsp3) is 0.588. The van der Waals surface area contributed by atoms with Gasteiger partial charge in [-0.1, -0.05) is 37.3 Å². The maximum absolute atomic E-state index is 11.8. The molecule has 2 rings (SSSR count). The first kappa shape index (κ1) is 22.2. The first-order chi connectivity index (χ1) is 10.0. The maximum Gasteiger partial charge on any atom is 0.221 e. The Morgan fingerprint density at radius 2 is 2.00 bits per heavy atom. The van der Waals surface area contributed by atoms with Crippen molar-refractivity contribution in [1.29, 1.82) is 0 Å². The number of likely N-dealkylation sites (tertiary alicyclic amines) is 1. The topological polar surface area (TPSA) is 58.4 Å². The highest BCUT2D eigenvalue weighted by Crippen LogP contribution is 2.19. The number of hydrogen-bond donors (Lipinski definition) is 2. The summed E-state index contributed by atoms with van der Waals surface area (Å²) in [5.41, 5.74) is 7.02. The Balaban J connectivity index is 0.00000242. The molecule has 4 nitrogen and oxygen atoms in total. The summed E-state index contributed by atoms with van der Waals surface area (Å²) in [4.78, 5) is 14.3. The highest BCUT2D eigenvalue weighted by molar-refractivity contribution is 5.85. The third-order valence-electron chi connectivity index (χ3n) is 4.09. The third-order valence-corrected chi connectivity index (χ3v) is 4.09. The van der Waals surface area contributed by atoms with Gasteiger partial charge in [-0.2, -0.15) is 0 Å². The van der Waals surface area contributed by atoms with E-state index in [4.69, 9.17) is 5.73 Å². The summed E-state index contributed by atoms with van der Waals surface area (Å²) in [7, 11) is 0. The molecule has 1 aliphatic heterocycles. The van der Waals surface area contributed by atoms with Crippen molar-refractivity contribution in [3.63, 3.8) is 0 Å². The number of carbonyl (C=O) groups is 1. The van der Waals surface area contributed by atoms with Crippen LogP contribution in [0.3, 0.4) is 0 Å². The molecule has 0 saturated carbocycles. The van der Waals surface area contributed by atoms with Crippen molar-refractivity contribution in [3.05, 3.63) is 35.9 Å². The van der Waals surface area contributed by atoms with E-state index >= 15 is 0 Å². The number of amides is 1. The van der Waals surface area contributed by atoms with Gasteiger partial charge in [-0.3, -0.25) is 9.69 Å². The number of hydrogen-bond acceptors (Lipinski definition) is 3. The van der Waals surface area contributed by atoms with Crippen LogP contribution in [0.4, 0.5) is 0 Å². The summed E-state index contributed by atoms with van der Waals surface area (Å²) in [5.74, 6) is 0.554. The van der Waals surface area contributed by atoms with Crippen molar-refractivity contribution in [1.82, 2.24) is 10.2 Å². The number of nitrogens with two attached hydrogens (primary N) is 1. The van der Waals surface area contributed by atoms with Crippen molar-refractivity contribution in [2.45, 2.75) is 45.3 Å². The second-order valence-electron chi connectivity index (χ2n) is 6.34. The molecule has 1 fully saturated rings. The normalized spacial score (nSPS) is 22.4. The van der Waals surface area contributed by atoms with E-state index in [1.165, 1.54) is 5.56 Å². The Morgan fingerprint density at radius 3 is 2.57 bits per heavy atom. The van der Waals surface area contributed by atoms with E-state index < -0.39 is 0 Å². The molecule has 3 unspecified atom stereocenters. The zero-order chi connectivity index (χ0) is 15.2. The van der Waals surface area contributed by atoms with Gasteiger partial charge in [0.25, 0.3) is 0 Å². The quantitative estimate of drug-likeness (QED) is 0.847. The van der Waals surface area contributed by atoms with Crippen LogP contribution in [0.2, 0.25) is 0 Å². The van der Waals surface area contributed by atoms with Gasteiger partial charge in [-0.05, 0) is 24.8 Å². The fourth-order valence-electron chi connectivity index (χ4n) is 2.99. The van der Waals surface area contributed by atoms with E-state index in [1.807, 2.05) is 13.0 Å². The van der Waals surface area contributed by atoms with E-state index in [-0.39, 0.29) is 42.8 Å². The molecular formula is C17H29Cl2N3O. The number of halogens is 2. The van der Waals surface area contributed by atoms with Crippen LogP contribution in [0.5, 0.6) is 0 Å². The number of nitrogens with one attached hydrogen (secondary N) is 1. The Hall–Kier alpha value is -0.810. The summed E-state index contributed by atoms with van der Waals surface area (Å²) in [5, 5.41) is 3.14. The lowest BCUT2D eigenvalue weighted by molar-refractivity contribution is -0.122. The van der Waals surface area contributed by atoms with Gasteiger partial charge >= 0.3 is 0 Å². The molecule has 23 heavy (non-hydrogen) atoms. The van der Waals surface area contributed by atoms with Gasteiger partial charge in [0.05, 0.1) is 0 Å². The Bertz CT molecular complexity index is 456. The van der Waals surface area contributed by atoms with Crippen molar-refractivity contribution < 1.29 is 4.79 Å². The molecule has 1 aromatic rings. The molecule has 1 aliphatic rings. The highest BCUT2D eigenvalue weighted by atomic mass is 35.5. The third kappa shape index (κ3) is 7.53. The zero-order valence-electron chi connectivity index (χ0n) is 13.9. The van der Waals surface area contributed by atoms with Crippen LogP contribution in [0.25, 0.3) is 0 Å². The van der Waals surface area contributed by atoms with E-state index in [0.29, 0.717) is 12.3 Å². The molecule has 3 N–H and O–H groups in total. The molecule has 3 atom stereocenters. The molecule has 0 aliphatic carbocycles. The van der Waals surface area contributed by atoms with Crippen LogP contribution in [-0.4, -0.2) is 36.0 Å². The van der Waals surface area contributed by atoms with Gasteiger partial charge < -0.3 is 11.1 Å². The van der Waals surface area contributed by atoms with Crippen molar-refractivity contribution in [2.75, 3.05) is 13.1 Å². The minimum absolute atomic E-state index is 0. The molecule has 0 aromatic heterocycles. The number of carbonyl (C=O) groups excluding carboxylic acids is 1. The molecule has 132 valence electrons. The predicted molar refractivity (Wildman–Crippen MR) is 100 cm³/mol. The van der Waals surface area contributed by atoms with Gasteiger partial charge in [-0.25, -0.2) is 0 Å². The Kier molecular flexibility index (Phi) is 10.5. The minimum atomic E-state index is -0.0709. The molecule has 1 aromatic carbocycles. The lowest BCUT2D eigenvalue weighted by atomic mass is 9.93. The lowest BCUT2D eigenvalue weighted by Crippen LogP contribution is -2.50. The molecule has 1 saturated heterocycles. The fourth-order valence-corrected chi connectivity index (χ4v) is 2.99. The smallest absolute Gasteiger partial charge is 0.221 e. The minimum Gasteiger partial charge on any atom is -0.353 e. The van der Waals surface area contributed by atoms with Crippen molar-refractivity contribution >= 4 is 30.7 Å². The highest BCUT2D eigenvalue weighted by Gasteiger charge is 2.27. The zero-order valence-corrected chi connectivity index (χ0v) is 15.5. The molecule has 6 heteroatoms. The molecule has 1 heterocycles. The average molecular weight is 362 g/mol. The van der Waals surface area contributed by atoms with Gasteiger partial charge in [0.2, 0.25) is 5.91 Å². The summed E-state index contributed by atoms with van der Waals surface area (Å²) in [6.07, 6.45) is 1.43. The van der Waals surface area contributed by atoms with Gasteiger partial charge in [0, 0.05) is 38.1 Å². The van der Waals surface area contributed by atoms with E-state index in [1.54, 1.807) is 0 Å². The van der Waals surface area contributed by atoms with Gasteiger partial charge in [0.15, 0.2) is 0 Å². The standard InChI is InChI=1S/C17H27N3O.2ClH/c1-13-11-20(12-15-6-4-3-5-7-15)9-8-16(13)19-17(21)10-14(2)18;;/h3-7,13-14,16H,8-12,18H2,1-2H3,(H,19,21);2*1H. The largest absolute Gasteiger partial charge is 0.353 e. The van der Waals surface area contributed by atoms with Crippen LogP contribution < -0.4 is 11.1 Å². The van der Waals surface area contributed by atoms with Crippen LogP contribution in [0.15, 0.2) is 30.3 Å². The summed E-state index contributed by atoms with van der Waals surface area (Å²) in [6.45, 7) is 7.13. The maximum atomic E-state index is 11.8. The molecule has 0 bridgehead atoms. The van der Waals surface area contributed by atoms with E-state index in [9.17, 15) is 4.79 Å². The first-order valence-corrected chi connectivity index (χ1v) is 7.86. The number of rotatable bonds is 5. The van der Waals surface area contributed by atoms with Crippen LogP contribution in [0.1, 0.15) is 32.3 Å². The Morgan fingerprint density at radius 1 is 1.35 bits per heavy atom. The van der Waals surface area contributed by atoms with Crippen LogP contribution >= 0.6 is 24.8 Å². The van der Waals surface area contributed by atoms with Crippen molar-refractivity contribution in [3.8, 4) is 0 Å². The molecule has 0 spiro atoms.